The summed E-state index contributed by atoms with van der Waals surface area (Å²) in [6.45, 7) is 0.589. The van der Waals surface area contributed by atoms with Crippen LogP contribution in [0.15, 0.2) is 29.4 Å². The maximum atomic E-state index is 10.6. The topological polar surface area (TPSA) is 103 Å². The molecule has 0 saturated heterocycles. The first kappa shape index (κ1) is 13.7. The molecule has 1 atom stereocenters. The van der Waals surface area contributed by atoms with E-state index < -0.39 is 5.97 Å². The van der Waals surface area contributed by atoms with E-state index in [1.54, 1.807) is 0 Å². The van der Waals surface area contributed by atoms with Crippen molar-refractivity contribution in [2.24, 2.45) is 0 Å². The fourth-order valence-corrected chi connectivity index (χ4v) is 2.94. The lowest BCUT2D eigenvalue weighted by atomic mass is 9.92. The number of aromatic nitrogens is 3. The molecule has 1 aliphatic heterocycles. The molecule has 8 heteroatoms. The molecule has 3 rings (SSSR count). The first-order valence-electron chi connectivity index (χ1n) is 6.43. The van der Waals surface area contributed by atoms with Crippen molar-refractivity contribution in [3.63, 3.8) is 0 Å². The van der Waals surface area contributed by atoms with E-state index in [9.17, 15) is 4.79 Å². The van der Waals surface area contributed by atoms with E-state index in [1.165, 1.54) is 4.68 Å². The maximum Gasteiger partial charge on any atom is 0.313 e. The highest BCUT2D eigenvalue weighted by molar-refractivity contribution is 7.99. The lowest BCUT2D eigenvalue weighted by molar-refractivity contribution is -0.133. The van der Waals surface area contributed by atoms with Gasteiger partial charge in [0.25, 0.3) is 0 Å². The highest BCUT2D eigenvalue weighted by Crippen LogP contribution is 2.37. The van der Waals surface area contributed by atoms with E-state index in [0.29, 0.717) is 17.6 Å². The minimum Gasteiger partial charge on any atom is -0.493 e. The molecule has 1 aromatic carbocycles. The molecule has 3 N–H and O–H groups in total. The molecule has 0 bridgehead atoms. The minimum absolute atomic E-state index is 0.00614. The summed E-state index contributed by atoms with van der Waals surface area (Å²) in [5.41, 5.74) is 1.03. The second-order valence-corrected chi connectivity index (χ2v) is 5.56. The SMILES string of the molecule is Nn1c(SCC(=O)O)nnc1C1CCOc2ccccc21. The molecular weight excluding hydrogens is 292 g/mol. The molecular formula is C13H14N4O3S. The molecule has 2 aromatic rings. The molecule has 2 heterocycles. The number of carboxylic acid groups (broad SMARTS) is 1. The number of para-hydroxylation sites is 1. The van der Waals surface area contributed by atoms with Crippen LogP contribution in [0.2, 0.25) is 0 Å². The van der Waals surface area contributed by atoms with Crippen molar-refractivity contribution in [1.82, 2.24) is 14.9 Å². The van der Waals surface area contributed by atoms with Gasteiger partial charge in [-0.1, -0.05) is 30.0 Å². The van der Waals surface area contributed by atoms with E-state index >= 15 is 0 Å². The van der Waals surface area contributed by atoms with Gasteiger partial charge >= 0.3 is 5.97 Å². The van der Waals surface area contributed by atoms with Crippen molar-refractivity contribution in [1.29, 1.82) is 0 Å². The largest absolute Gasteiger partial charge is 0.493 e. The molecule has 0 spiro atoms. The van der Waals surface area contributed by atoms with Crippen LogP contribution in [0.1, 0.15) is 23.7 Å². The number of fused-ring (bicyclic) bond motifs is 1. The Bertz CT molecular complexity index is 673. The summed E-state index contributed by atoms with van der Waals surface area (Å²) in [5, 5.41) is 17.2. The number of rotatable bonds is 4. The summed E-state index contributed by atoms with van der Waals surface area (Å²) in [6.07, 6.45) is 0.760. The first-order chi connectivity index (χ1) is 10.2. The third-order valence-corrected chi connectivity index (χ3v) is 4.21. The summed E-state index contributed by atoms with van der Waals surface area (Å²) in [5.74, 6) is 6.46. The van der Waals surface area contributed by atoms with Gasteiger partial charge in [0.05, 0.1) is 18.3 Å². The van der Waals surface area contributed by atoms with Gasteiger partial charge in [-0.25, -0.2) is 4.68 Å². The van der Waals surface area contributed by atoms with Gasteiger partial charge < -0.3 is 15.7 Å². The number of carboxylic acids is 1. The standard InChI is InChI=1S/C13H14N4O3S/c14-17-12(15-16-13(17)21-7-11(18)19)9-5-6-20-10-4-2-1-3-8(9)10/h1-4,9H,5-7,14H2,(H,18,19). The monoisotopic (exact) mass is 306 g/mol. The smallest absolute Gasteiger partial charge is 0.313 e. The second-order valence-electron chi connectivity index (χ2n) is 4.62. The van der Waals surface area contributed by atoms with Gasteiger partial charge in [0.15, 0.2) is 5.82 Å². The Labute approximate surface area is 125 Å². The number of hydrogen-bond acceptors (Lipinski definition) is 6. The average molecular weight is 306 g/mol. The summed E-state index contributed by atoms with van der Waals surface area (Å²) in [6, 6.07) is 7.76. The van der Waals surface area contributed by atoms with Crippen LogP contribution in [0, 0.1) is 0 Å². The predicted molar refractivity (Wildman–Crippen MR) is 76.9 cm³/mol. The van der Waals surface area contributed by atoms with Crippen LogP contribution in [0.4, 0.5) is 0 Å². The van der Waals surface area contributed by atoms with Crippen LogP contribution in [0.25, 0.3) is 0 Å². The molecule has 0 saturated carbocycles. The molecule has 1 aliphatic rings. The first-order valence-corrected chi connectivity index (χ1v) is 7.42. The van der Waals surface area contributed by atoms with E-state index in [-0.39, 0.29) is 11.7 Å². The molecule has 0 amide bonds. The van der Waals surface area contributed by atoms with Gasteiger partial charge in [-0.3, -0.25) is 4.79 Å². The normalized spacial score (nSPS) is 17.0. The summed E-state index contributed by atoms with van der Waals surface area (Å²) in [7, 11) is 0. The predicted octanol–water partition coefficient (Wildman–Crippen LogP) is 1.08. The molecule has 110 valence electrons. The number of nitrogens with zero attached hydrogens (tertiary/aromatic N) is 3. The van der Waals surface area contributed by atoms with Crippen LogP contribution in [0.5, 0.6) is 5.75 Å². The second kappa shape index (κ2) is 5.65. The number of thioether (sulfide) groups is 1. The quantitative estimate of drug-likeness (QED) is 0.643. The number of aliphatic carboxylic acids is 1. The van der Waals surface area contributed by atoms with Crippen LogP contribution >= 0.6 is 11.8 Å². The number of carbonyl (C=O) groups is 1. The Hall–Kier alpha value is -2.22. The highest BCUT2D eigenvalue weighted by atomic mass is 32.2. The van der Waals surface area contributed by atoms with E-state index in [2.05, 4.69) is 10.2 Å². The summed E-state index contributed by atoms with van der Waals surface area (Å²) < 4.78 is 6.99. The van der Waals surface area contributed by atoms with Crippen LogP contribution in [-0.2, 0) is 4.79 Å². The zero-order valence-electron chi connectivity index (χ0n) is 11.1. The van der Waals surface area contributed by atoms with E-state index in [4.69, 9.17) is 15.7 Å². The van der Waals surface area contributed by atoms with Crippen molar-refractivity contribution >= 4 is 17.7 Å². The maximum absolute atomic E-state index is 10.6. The molecule has 1 aromatic heterocycles. The van der Waals surface area contributed by atoms with Gasteiger partial charge in [0, 0.05) is 5.56 Å². The van der Waals surface area contributed by atoms with Gasteiger partial charge in [-0.2, -0.15) is 0 Å². The fourth-order valence-electron chi connectivity index (χ4n) is 2.36. The number of nitrogens with two attached hydrogens (primary N) is 1. The minimum atomic E-state index is -0.916. The average Bonchev–Trinajstić information content (AvgIpc) is 2.85. The van der Waals surface area contributed by atoms with Crippen molar-refractivity contribution in [3.8, 4) is 5.75 Å². The molecule has 21 heavy (non-hydrogen) atoms. The third-order valence-electron chi connectivity index (χ3n) is 3.29. The Kier molecular flexibility index (Phi) is 3.70. The number of benzene rings is 1. The number of ether oxygens (including phenoxy) is 1. The lowest BCUT2D eigenvalue weighted by Crippen LogP contribution is -2.22. The lowest BCUT2D eigenvalue weighted by Gasteiger charge is -2.24. The number of nitrogen functional groups attached to an aromatic ring is 1. The van der Waals surface area contributed by atoms with E-state index in [1.807, 2.05) is 24.3 Å². The summed E-state index contributed by atoms with van der Waals surface area (Å²) >= 11 is 1.05. The van der Waals surface area contributed by atoms with Crippen molar-refractivity contribution < 1.29 is 14.6 Å². The third kappa shape index (κ3) is 2.66. The molecule has 7 nitrogen and oxygen atoms in total. The Morgan fingerprint density at radius 3 is 3.10 bits per heavy atom. The molecule has 0 fully saturated rings. The van der Waals surface area contributed by atoms with Crippen LogP contribution in [0.3, 0.4) is 0 Å². The Morgan fingerprint density at radius 2 is 2.29 bits per heavy atom. The van der Waals surface area contributed by atoms with Crippen molar-refractivity contribution in [2.45, 2.75) is 17.5 Å². The Balaban J connectivity index is 1.90. The van der Waals surface area contributed by atoms with Crippen LogP contribution < -0.4 is 10.6 Å². The summed E-state index contributed by atoms with van der Waals surface area (Å²) in [4.78, 5) is 10.6. The van der Waals surface area contributed by atoms with Crippen molar-refractivity contribution in [2.75, 3.05) is 18.2 Å². The fraction of sp³-hybridized carbons (Fsp3) is 0.308. The van der Waals surface area contributed by atoms with Gasteiger partial charge in [0.1, 0.15) is 5.75 Å². The molecule has 0 radical (unpaired) electrons. The highest BCUT2D eigenvalue weighted by Gasteiger charge is 2.28. The molecule has 0 aliphatic carbocycles. The van der Waals surface area contributed by atoms with Crippen molar-refractivity contribution in [3.05, 3.63) is 35.7 Å². The number of hydrogen-bond donors (Lipinski definition) is 2. The Morgan fingerprint density at radius 1 is 1.48 bits per heavy atom. The van der Waals surface area contributed by atoms with Crippen LogP contribution in [-0.4, -0.2) is 38.3 Å². The zero-order valence-corrected chi connectivity index (χ0v) is 11.9. The van der Waals surface area contributed by atoms with Gasteiger partial charge in [-0.05, 0) is 12.5 Å². The zero-order chi connectivity index (χ0) is 14.8. The molecule has 1 unspecified atom stereocenters. The van der Waals surface area contributed by atoms with Gasteiger partial charge in [0.2, 0.25) is 5.16 Å². The van der Waals surface area contributed by atoms with Gasteiger partial charge in [-0.15, -0.1) is 10.2 Å². The van der Waals surface area contributed by atoms with E-state index in [0.717, 1.165) is 29.5 Å².